The Morgan fingerprint density at radius 1 is 1.27 bits per heavy atom. The third-order valence-electron chi connectivity index (χ3n) is 3.68. The first-order chi connectivity index (χ1) is 12.4. The number of nitrogens with zero attached hydrogens (tertiary/aromatic N) is 1. The van der Waals surface area contributed by atoms with Crippen LogP contribution in [0.15, 0.2) is 40.2 Å². The second-order valence-corrected chi connectivity index (χ2v) is 7.26. The summed E-state index contributed by atoms with van der Waals surface area (Å²) < 4.78 is 5.07. The molecule has 1 heterocycles. The van der Waals surface area contributed by atoms with E-state index in [1.807, 2.05) is 13.0 Å². The van der Waals surface area contributed by atoms with E-state index in [0.29, 0.717) is 26.3 Å². The number of methoxy groups -OCH3 is 1. The highest BCUT2D eigenvalue weighted by molar-refractivity contribution is 8.18. The number of carbonyl (C=O) groups is 1. The minimum Gasteiger partial charge on any atom is -0.503 e. The molecular formula is C18H14Cl2N2O3S. The number of ether oxygens (including phenoxy) is 1. The second-order valence-electron chi connectivity index (χ2n) is 5.42. The Morgan fingerprint density at radius 2 is 2.04 bits per heavy atom. The summed E-state index contributed by atoms with van der Waals surface area (Å²) in [7, 11) is 1.43. The molecule has 0 radical (unpaired) electrons. The van der Waals surface area contributed by atoms with Crippen molar-refractivity contribution in [2.75, 3.05) is 7.11 Å². The number of hydrogen-bond donors (Lipinski definition) is 2. The summed E-state index contributed by atoms with van der Waals surface area (Å²) in [6.07, 6.45) is 1.65. The fourth-order valence-corrected chi connectivity index (χ4v) is 3.51. The summed E-state index contributed by atoms with van der Waals surface area (Å²) >= 11 is 13.3. The summed E-state index contributed by atoms with van der Waals surface area (Å²) in [6, 6.07) is 8.56. The summed E-state index contributed by atoms with van der Waals surface area (Å²) in [5.41, 5.74) is 2.15. The van der Waals surface area contributed by atoms with E-state index in [2.05, 4.69) is 10.3 Å². The Labute approximate surface area is 164 Å². The van der Waals surface area contributed by atoms with Crippen LogP contribution in [-0.2, 0) is 4.79 Å². The fourth-order valence-electron chi connectivity index (χ4n) is 2.29. The van der Waals surface area contributed by atoms with Gasteiger partial charge in [-0.15, -0.1) is 0 Å². The summed E-state index contributed by atoms with van der Waals surface area (Å²) in [4.78, 5) is 17.1. The average Bonchev–Trinajstić information content (AvgIpc) is 2.94. The lowest BCUT2D eigenvalue weighted by Gasteiger charge is -2.06. The normalized spacial score (nSPS) is 17.0. The van der Waals surface area contributed by atoms with Gasteiger partial charge in [0.25, 0.3) is 5.91 Å². The van der Waals surface area contributed by atoms with Crippen molar-refractivity contribution in [3.63, 3.8) is 0 Å². The number of thioether (sulfide) groups is 1. The molecule has 2 aromatic carbocycles. The molecule has 0 aromatic heterocycles. The summed E-state index contributed by atoms with van der Waals surface area (Å²) in [6.45, 7) is 1.87. The van der Waals surface area contributed by atoms with Crippen LogP contribution < -0.4 is 10.1 Å². The van der Waals surface area contributed by atoms with Crippen LogP contribution in [0, 0.1) is 6.92 Å². The number of halogens is 2. The van der Waals surface area contributed by atoms with Crippen LogP contribution in [-0.4, -0.2) is 23.3 Å². The van der Waals surface area contributed by atoms with Gasteiger partial charge < -0.3 is 15.2 Å². The van der Waals surface area contributed by atoms with E-state index in [4.69, 9.17) is 27.9 Å². The zero-order chi connectivity index (χ0) is 18.8. The highest BCUT2D eigenvalue weighted by Gasteiger charge is 2.24. The predicted molar refractivity (Wildman–Crippen MR) is 107 cm³/mol. The number of carbonyl (C=O) groups excluding carboxylic acids is 1. The predicted octanol–water partition coefficient (Wildman–Crippen LogP) is 4.91. The van der Waals surface area contributed by atoms with Gasteiger partial charge in [-0.25, -0.2) is 4.99 Å². The Balaban J connectivity index is 1.91. The maximum atomic E-state index is 12.2. The van der Waals surface area contributed by atoms with Crippen LogP contribution >= 0.6 is 35.0 Å². The van der Waals surface area contributed by atoms with Crippen LogP contribution in [0.1, 0.15) is 11.1 Å². The van der Waals surface area contributed by atoms with Crippen molar-refractivity contribution in [3.8, 4) is 11.5 Å². The third kappa shape index (κ3) is 3.82. The van der Waals surface area contributed by atoms with Crippen molar-refractivity contribution >= 4 is 57.8 Å². The number of aliphatic imine (C=N–C) groups is 1. The molecule has 5 nitrogen and oxygen atoms in total. The number of hydrogen-bond acceptors (Lipinski definition) is 5. The topological polar surface area (TPSA) is 70.9 Å². The minimum atomic E-state index is -0.267. The minimum absolute atomic E-state index is 0.140. The fraction of sp³-hybridized carbons (Fsp3) is 0.111. The number of nitrogens with one attached hydrogen (secondary N) is 1. The van der Waals surface area contributed by atoms with E-state index in [1.165, 1.54) is 18.9 Å². The molecule has 0 aliphatic carbocycles. The Hall–Kier alpha value is -2.15. The summed E-state index contributed by atoms with van der Waals surface area (Å²) in [5, 5.41) is 13.7. The van der Waals surface area contributed by atoms with Crippen LogP contribution in [0.2, 0.25) is 10.0 Å². The molecule has 8 heteroatoms. The Bertz CT molecular complexity index is 958. The van der Waals surface area contributed by atoms with Crippen molar-refractivity contribution in [2.45, 2.75) is 6.92 Å². The van der Waals surface area contributed by atoms with Crippen molar-refractivity contribution < 1.29 is 14.6 Å². The molecule has 3 rings (SSSR count). The maximum absolute atomic E-state index is 12.2. The van der Waals surface area contributed by atoms with E-state index < -0.39 is 0 Å². The van der Waals surface area contributed by atoms with Crippen LogP contribution in [0.5, 0.6) is 11.5 Å². The maximum Gasteiger partial charge on any atom is 0.264 e. The first kappa shape index (κ1) is 18.6. The lowest BCUT2D eigenvalue weighted by atomic mass is 10.2. The zero-order valence-electron chi connectivity index (χ0n) is 13.8. The van der Waals surface area contributed by atoms with E-state index in [1.54, 1.807) is 30.3 Å². The van der Waals surface area contributed by atoms with Gasteiger partial charge in [-0.2, -0.15) is 0 Å². The third-order valence-corrected chi connectivity index (χ3v) is 5.29. The number of phenolic OH excluding ortho intramolecular Hbond substituents is 1. The number of aromatic hydroxyl groups is 1. The number of phenols is 1. The van der Waals surface area contributed by atoms with Crippen molar-refractivity contribution in [1.29, 1.82) is 0 Å². The molecule has 1 aliphatic heterocycles. The van der Waals surface area contributed by atoms with Gasteiger partial charge in [-0.1, -0.05) is 29.3 Å². The van der Waals surface area contributed by atoms with Crippen LogP contribution in [0.4, 0.5) is 5.69 Å². The van der Waals surface area contributed by atoms with E-state index >= 15 is 0 Å². The van der Waals surface area contributed by atoms with Crippen molar-refractivity contribution in [3.05, 3.63) is 56.4 Å². The largest absolute Gasteiger partial charge is 0.503 e. The molecule has 134 valence electrons. The van der Waals surface area contributed by atoms with Crippen molar-refractivity contribution in [2.24, 2.45) is 4.99 Å². The van der Waals surface area contributed by atoms with Crippen LogP contribution in [0.25, 0.3) is 6.08 Å². The molecule has 0 atom stereocenters. The van der Waals surface area contributed by atoms with E-state index in [9.17, 15) is 9.90 Å². The standard InChI is InChI=1S/C18H14Cl2N2O3S/c1-9-11(19)4-3-5-13(9)21-18-22-17(24)15(26-18)8-10-6-12(20)16(23)14(7-10)25-2/h3-8,23H,1-2H3,(H,21,22,24)/b15-8+. The monoisotopic (exact) mass is 408 g/mol. The lowest BCUT2D eigenvalue weighted by molar-refractivity contribution is -0.115. The van der Waals surface area contributed by atoms with Gasteiger partial charge in [0.05, 0.1) is 22.7 Å². The highest BCUT2D eigenvalue weighted by Crippen LogP contribution is 2.37. The van der Waals surface area contributed by atoms with Gasteiger partial charge >= 0.3 is 0 Å². The highest BCUT2D eigenvalue weighted by atomic mass is 35.5. The van der Waals surface area contributed by atoms with Gasteiger partial charge in [0, 0.05) is 5.02 Å². The molecule has 0 bridgehead atoms. The molecule has 1 aliphatic rings. The molecule has 1 saturated heterocycles. The lowest BCUT2D eigenvalue weighted by Crippen LogP contribution is -2.19. The van der Waals surface area contributed by atoms with Gasteiger partial charge in [0.15, 0.2) is 16.7 Å². The van der Waals surface area contributed by atoms with Gasteiger partial charge in [0.2, 0.25) is 0 Å². The molecular weight excluding hydrogens is 395 g/mol. The number of amides is 1. The molecule has 2 N–H and O–H groups in total. The van der Waals surface area contributed by atoms with Gasteiger partial charge in [0.1, 0.15) is 0 Å². The number of rotatable bonds is 3. The zero-order valence-corrected chi connectivity index (χ0v) is 16.2. The van der Waals surface area contributed by atoms with Gasteiger partial charge in [-0.3, -0.25) is 4.79 Å². The Kier molecular flexibility index (Phi) is 5.46. The second kappa shape index (κ2) is 7.61. The first-order valence-corrected chi connectivity index (χ1v) is 9.07. The molecule has 0 saturated carbocycles. The smallest absolute Gasteiger partial charge is 0.264 e. The van der Waals surface area contributed by atoms with Gasteiger partial charge in [-0.05, 0) is 60.2 Å². The number of amidine groups is 1. The molecule has 2 aromatic rings. The molecule has 1 amide bonds. The molecule has 26 heavy (non-hydrogen) atoms. The molecule has 0 unspecified atom stereocenters. The average molecular weight is 409 g/mol. The SMILES string of the molecule is COc1cc(/C=C2/SC(=Nc3cccc(Cl)c3C)NC2=O)cc(Cl)c1O. The van der Waals surface area contributed by atoms with Crippen molar-refractivity contribution in [1.82, 2.24) is 5.32 Å². The molecule has 0 spiro atoms. The quantitative estimate of drug-likeness (QED) is 0.707. The first-order valence-electron chi connectivity index (χ1n) is 7.50. The van der Waals surface area contributed by atoms with E-state index in [0.717, 1.165) is 5.56 Å². The van der Waals surface area contributed by atoms with E-state index in [-0.39, 0.29) is 22.4 Å². The summed E-state index contributed by atoms with van der Waals surface area (Å²) in [5.74, 6) is -0.175. The van der Waals surface area contributed by atoms with Crippen LogP contribution in [0.3, 0.4) is 0 Å². The Morgan fingerprint density at radius 3 is 2.77 bits per heavy atom. The molecule has 1 fully saturated rings. The number of benzene rings is 2.